The molecule has 0 aliphatic heterocycles. The minimum Gasteiger partial charge on any atom is -0.493 e. The molecule has 0 saturated carbocycles. The number of aliphatic hydroxyl groups is 1. The maximum absolute atomic E-state index is 13.4. The normalized spacial score (nSPS) is 12.7. The van der Waals surface area contributed by atoms with Gasteiger partial charge in [0.2, 0.25) is 5.88 Å². The van der Waals surface area contributed by atoms with E-state index in [4.69, 9.17) is 10.2 Å². The molecule has 3 N–H and O–H groups in total. The zero-order valence-corrected chi connectivity index (χ0v) is 17.8. The van der Waals surface area contributed by atoms with Gasteiger partial charge >= 0.3 is 0 Å². The molecule has 0 saturated heterocycles. The minimum absolute atomic E-state index is 0.0465. The lowest BCUT2D eigenvalue weighted by Gasteiger charge is -2.17. The Morgan fingerprint density at radius 2 is 1.84 bits per heavy atom. The molecule has 1 heterocycles. The molecule has 8 nitrogen and oxygen atoms in total. The van der Waals surface area contributed by atoms with Crippen molar-refractivity contribution in [1.82, 2.24) is 20.0 Å². The van der Waals surface area contributed by atoms with Gasteiger partial charge in [-0.05, 0) is 26.2 Å². The Hall–Kier alpha value is -3.07. The van der Waals surface area contributed by atoms with E-state index in [0.29, 0.717) is 58.6 Å². The number of aromatic nitrogens is 2. The Balaban J connectivity index is 2.00. The smallest absolute Gasteiger partial charge is 0.215 e. The Morgan fingerprint density at radius 1 is 1.06 bits per heavy atom. The molecule has 0 fully saturated rings. The number of nitrogens with zero attached hydrogens (tertiary/aromatic N) is 4. The van der Waals surface area contributed by atoms with E-state index in [-0.39, 0.29) is 17.9 Å². The van der Waals surface area contributed by atoms with E-state index in [1.807, 2.05) is 49.3 Å². The van der Waals surface area contributed by atoms with Gasteiger partial charge in [0.25, 0.3) is 0 Å². The van der Waals surface area contributed by atoms with Crippen LogP contribution in [-0.4, -0.2) is 71.8 Å². The molecule has 0 bridgehead atoms. The Morgan fingerprint density at radius 3 is 2.58 bits per heavy atom. The van der Waals surface area contributed by atoms with Gasteiger partial charge in [-0.3, -0.25) is 9.79 Å². The van der Waals surface area contributed by atoms with Crippen LogP contribution in [0.15, 0.2) is 46.2 Å². The van der Waals surface area contributed by atoms with Crippen LogP contribution in [-0.2, 0) is 6.54 Å². The molecule has 0 atom stereocenters. The molecule has 8 heteroatoms. The summed E-state index contributed by atoms with van der Waals surface area (Å²) in [7, 11) is 3.94. The van der Waals surface area contributed by atoms with Crippen molar-refractivity contribution in [3.05, 3.63) is 52.0 Å². The maximum Gasteiger partial charge on any atom is 0.215 e. The van der Waals surface area contributed by atoms with Gasteiger partial charge in [-0.2, -0.15) is 5.10 Å². The van der Waals surface area contributed by atoms with Crippen LogP contribution in [0.2, 0.25) is 0 Å². The molecule has 0 unspecified atom stereocenters. The average Bonchev–Trinajstić information content (AvgIpc) is 2.77. The Labute approximate surface area is 179 Å². The highest BCUT2D eigenvalue weighted by Gasteiger charge is 2.18. The molecule has 0 spiro atoms. The second-order valence-electron chi connectivity index (χ2n) is 7.81. The van der Waals surface area contributed by atoms with E-state index in [0.717, 1.165) is 11.9 Å². The van der Waals surface area contributed by atoms with E-state index < -0.39 is 0 Å². The van der Waals surface area contributed by atoms with Crippen LogP contribution in [0.25, 0.3) is 32.4 Å². The number of likely N-dealkylation sites (N-methyl/N-ethyl adjacent to an activating group) is 1. The van der Waals surface area contributed by atoms with Crippen LogP contribution in [0.5, 0.6) is 5.88 Å². The van der Waals surface area contributed by atoms with Crippen LogP contribution in [0, 0.1) is 0 Å². The largest absolute Gasteiger partial charge is 0.493 e. The first kappa shape index (κ1) is 21.2. The van der Waals surface area contributed by atoms with Crippen LogP contribution in [0.1, 0.15) is 0 Å². The van der Waals surface area contributed by atoms with E-state index in [2.05, 4.69) is 10.3 Å². The summed E-state index contributed by atoms with van der Waals surface area (Å²) in [5, 5.41) is 31.3. The molecular weight excluding hydrogens is 394 g/mol. The first-order valence-corrected chi connectivity index (χ1v) is 10.4. The van der Waals surface area contributed by atoms with E-state index in [9.17, 15) is 9.90 Å². The SMILES string of the molecule is CN(C)CCn1nc2c3ccccc3c(=O)c3c(=NCCNCCO)ccc(c1O)c32. The molecule has 4 rings (SSSR count). The fourth-order valence-electron chi connectivity index (χ4n) is 3.86. The number of rotatable bonds is 8. The summed E-state index contributed by atoms with van der Waals surface area (Å²) in [6.07, 6.45) is 0. The Kier molecular flexibility index (Phi) is 6.13. The van der Waals surface area contributed by atoms with E-state index >= 15 is 0 Å². The van der Waals surface area contributed by atoms with Crippen molar-refractivity contribution in [3.8, 4) is 5.88 Å². The molecule has 0 radical (unpaired) electrons. The molecule has 4 aromatic rings. The van der Waals surface area contributed by atoms with Gasteiger partial charge in [-0.15, -0.1) is 0 Å². The van der Waals surface area contributed by atoms with Crippen molar-refractivity contribution in [2.45, 2.75) is 6.54 Å². The first-order chi connectivity index (χ1) is 15.0. The first-order valence-electron chi connectivity index (χ1n) is 10.4. The summed E-state index contributed by atoms with van der Waals surface area (Å²) >= 11 is 0. The molecule has 0 aliphatic rings. The van der Waals surface area contributed by atoms with Crippen molar-refractivity contribution in [3.63, 3.8) is 0 Å². The van der Waals surface area contributed by atoms with Crippen molar-refractivity contribution in [1.29, 1.82) is 0 Å². The van der Waals surface area contributed by atoms with Crippen molar-refractivity contribution in [2.75, 3.05) is 46.9 Å². The number of aromatic hydroxyl groups is 1. The number of fused-ring (bicyclic) bond motifs is 2. The zero-order valence-electron chi connectivity index (χ0n) is 17.8. The van der Waals surface area contributed by atoms with Crippen LogP contribution in [0.4, 0.5) is 0 Å². The fraction of sp³-hybridized carbons (Fsp3) is 0.348. The number of hydrogen-bond donors (Lipinski definition) is 3. The summed E-state index contributed by atoms with van der Waals surface area (Å²) in [5.41, 5.74) is 0.579. The minimum atomic E-state index is -0.108. The third kappa shape index (κ3) is 3.97. The highest BCUT2D eigenvalue weighted by Crippen LogP contribution is 2.32. The predicted octanol–water partition coefficient (Wildman–Crippen LogP) is 0.891. The standard InChI is InChI=1S/C23H27N5O3/c1-27(2)12-13-28-23(31)17-7-8-18(25-10-9-24-11-14-29)20-19(17)21(26-28)15-5-3-4-6-16(15)22(20)30/h3-8,24,29,31H,9-14H2,1-2H3. The second-order valence-corrected chi connectivity index (χ2v) is 7.81. The van der Waals surface area contributed by atoms with Gasteiger partial charge in [0.1, 0.15) is 5.52 Å². The van der Waals surface area contributed by atoms with Crippen molar-refractivity contribution < 1.29 is 10.2 Å². The van der Waals surface area contributed by atoms with Gasteiger partial charge in [0, 0.05) is 41.2 Å². The monoisotopic (exact) mass is 421 g/mol. The van der Waals surface area contributed by atoms with Crippen molar-refractivity contribution >= 4 is 32.4 Å². The lowest BCUT2D eigenvalue weighted by Crippen LogP contribution is -2.23. The van der Waals surface area contributed by atoms with Gasteiger partial charge in [-0.25, -0.2) is 4.68 Å². The summed E-state index contributed by atoms with van der Waals surface area (Å²) < 4.78 is 1.60. The van der Waals surface area contributed by atoms with Gasteiger partial charge in [-0.1, -0.05) is 24.3 Å². The fourth-order valence-corrected chi connectivity index (χ4v) is 3.86. The number of aliphatic hydroxyl groups excluding tert-OH is 1. The summed E-state index contributed by atoms with van der Waals surface area (Å²) in [5.74, 6) is 0.0465. The van der Waals surface area contributed by atoms with Gasteiger partial charge in [0.15, 0.2) is 5.43 Å². The number of hydrogen-bond acceptors (Lipinski definition) is 7. The highest BCUT2D eigenvalue weighted by molar-refractivity contribution is 6.20. The quantitative estimate of drug-likeness (QED) is 0.222. The molecule has 0 aliphatic carbocycles. The van der Waals surface area contributed by atoms with Gasteiger partial charge < -0.3 is 20.4 Å². The lowest BCUT2D eigenvalue weighted by atomic mass is 9.98. The molecule has 31 heavy (non-hydrogen) atoms. The third-order valence-corrected chi connectivity index (χ3v) is 5.40. The molecule has 0 amide bonds. The Bertz CT molecular complexity index is 1350. The molecule has 162 valence electrons. The maximum atomic E-state index is 13.4. The summed E-state index contributed by atoms with van der Waals surface area (Å²) in [4.78, 5) is 20.1. The molecular formula is C23H27N5O3. The van der Waals surface area contributed by atoms with Crippen LogP contribution >= 0.6 is 0 Å². The summed E-state index contributed by atoms with van der Waals surface area (Å²) in [6.45, 7) is 2.88. The van der Waals surface area contributed by atoms with Crippen LogP contribution < -0.4 is 16.1 Å². The summed E-state index contributed by atoms with van der Waals surface area (Å²) in [6, 6.07) is 11.0. The van der Waals surface area contributed by atoms with E-state index in [1.54, 1.807) is 10.7 Å². The van der Waals surface area contributed by atoms with Gasteiger partial charge in [0.05, 0.1) is 30.4 Å². The van der Waals surface area contributed by atoms with Crippen molar-refractivity contribution in [2.24, 2.45) is 4.99 Å². The number of nitrogens with one attached hydrogen (secondary N) is 1. The predicted molar refractivity (Wildman–Crippen MR) is 123 cm³/mol. The zero-order chi connectivity index (χ0) is 22.0. The average molecular weight is 422 g/mol. The lowest BCUT2D eigenvalue weighted by molar-refractivity contribution is 0.293. The second kappa shape index (κ2) is 8.97. The molecule has 3 aromatic carbocycles. The highest BCUT2D eigenvalue weighted by atomic mass is 16.3. The van der Waals surface area contributed by atoms with Crippen LogP contribution in [0.3, 0.4) is 0 Å². The molecule has 1 aromatic heterocycles. The van der Waals surface area contributed by atoms with E-state index in [1.165, 1.54) is 0 Å². The third-order valence-electron chi connectivity index (χ3n) is 5.40. The number of benzene rings is 3. The topological polar surface area (TPSA) is 103 Å².